The topological polar surface area (TPSA) is 44.1 Å². The highest BCUT2D eigenvalue weighted by atomic mass is 16.5. The Labute approximate surface area is 108 Å². The van der Waals surface area contributed by atoms with Crippen LogP contribution in [0.25, 0.3) is 0 Å². The van der Waals surface area contributed by atoms with Gasteiger partial charge in [0.15, 0.2) is 0 Å². The number of carbonyl (C=O) groups is 1. The first-order valence-electron chi connectivity index (χ1n) is 10.6. The van der Waals surface area contributed by atoms with Crippen molar-refractivity contribution >= 4 is 5.97 Å². The second-order valence-corrected chi connectivity index (χ2v) is 2.79. The van der Waals surface area contributed by atoms with Gasteiger partial charge in [0.2, 0.25) is 0 Å². The zero-order chi connectivity index (χ0) is 22.1. The van der Waals surface area contributed by atoms with Crippen LogP contribution < -0.4 is 0 Å². The Morgan fingerprint density at radius 1 is 2.07 bits per heavy atom. The van der Waals surface area contributed by atoms with Gasteiger partial charge in [0.05, 0.1) is 22.9 Å². The molecule has 2 rings (SSSR count). The molecule has 0 spiro atoms. The highest BCUT2D eigenvalue weighted by Crippen LogP contribution is 2.27. The van der Waals surface area contributed by atoms with E-state index in [0.717, 1.165) is 0 Å². The lowest BCUT2D eigenvalue weighted by Crippen LogP contribution is -2.18. The van der Waals surface area contributed by atoms with Gasteiger partial charge in [0.25, 0.3) is 0 Å². The summed E-state index contributed by atoms with van der Waals surface area (Å²) in [7, 11) is 0. The van der Waals surface area contributed by atoms with E-state index in [1.807, 2.05) is 0 Å². The number of carbonyl (C=O) groups excluding carboxylic acids is 1. The highest BCUT2D eigenvalue weighted by Gasteiger charge is 2.35. The van der Waals surface area contributed by atoms with Crippen LogP contribution in [0.4, 0.5) is 0 Å². The lowest BCUT2D eigenvalue weighted by Gasteiger charge is -2.12. The number of hydrogen-bond acceptors (Lipinski definition) is 3. The number of hydrogen-bond donors (Lipinski definition) is 0. The molecule has 15 heavy (non-hydrogen) atoms. The Bertz CT molecular complexity index is 796. The molecule has 0 amide bonds. The first-order valence-corrected chi connectivity index (χ1v) is 4.05. The molecule has 0 bridgehead atoms. The minimum absolute atomic E-state index is 0.0734. The average Bonchev–Trinajstić information content (AvgIpc) is 2.78. The summed E-state index contributed by atoms with van der Waals surface area (Å²) in [5.74, 6) is -7.03. The van der Waals surface area contributed by atoms with Crippen LogP contribution in [0.1, 0.15) is 36.8 Å². The number of aromatic nitrogens is 2. The Kier molecular flexibility index (Phi) is 0.774. The van der Waals surface area contributed by atoms with Crippen LogP contribution >= 0.6 is 0 Å². The van der Waals surface area contributed by atoms with Crippen molar-refractivity contribution in [3.05, 3.63) is 18.2 Å². The number of cyclic esters (lactones) is 1. The molecular weight excluding hydrogens is 192 g/mol. The smallest absolute Gasteiger partial charge is 0.309 e. The predicted molar refractivity (Wildman–Crippen MR) is 55.1 cm³/mol. The Morgan fingerprint density at radius 3 is 3.80 bits per heavy atom. The Hall–Kier alpha value is -1.32. The lowest BCUT2D eigenvalue weighted by atomic mass is 9.89. The molecule has 4 nitrogen and oxygen atoms in total. The second-order valence-electron chi connectivity index (χ2n) is 2.79. The number of nitrogens with zero attached hydrogens (tertiary/aromatic N) is 2. The molecule has 0 radical (unpaired) electrons. The van der Waals surface area contributed by atoms with Gasteiger partial charge >= 0.3 is 5.97 Å². The molecule has 0 aliphatic carbocycles. The maximum Gasteiger partial charge on any atom is 0.309 e. The van der Waals surface area contributed by atoms with Gasteiger partial charge < -0.3 is 9.30 Å². The first-order chi connectivity index (χ1) is 12.2. The fourth-order valence-corrected chi connectivity index (χ4v) is 1.12. The van der Waals surface area contributed by atoms with Gasteiger partial charge in [-0.25, -0.2) is 4.98 Å². The van der Waals surface area contributed by atoms with Crippen molar-refractivity contribution in [1.29, 1.82) is 0 Å². The minimum atomic E-state index is -3.28. The summed E-state index contributed by atoms with van der Waals surface area (Å²) in [6.45, 7) is -9.31. The molecule has 1 aromatic rings. The second kappa shape index (κ2) is 4.04. The van der Waals surface area contributed by atoms with Crippen LogP contribution in [0, 0.1) is 11.8 Å². The fraction of sp³-hybridized carbons (Fsp3) is 0.636. The van der Waals surface area contributed by atoms with E-state index in [0.29, 0.717) is 0 Å². The van der Waals surface area contributed by atoms with Gasteiger partial charge in [0, 0.05) is 37.1 Å². The number of rotatable bonds is 3. The van der Waals surface area contributed by atoms with Crippen molar-refractivity contribution < 1.29 is 27.4 Å². The molecule has 1 fully saturated rings. The minimum Gasteiger partial charge on any atom is -0.465 e. The zero-order valence-electron chi connectivity index (χ0n) is 20.5. The lowest BCUT2D eigenvalue weighted by molar-refractivity contribution is -0.141. The normalized spacial score (nSPS) is 49.2. The van der Waals surface area contributed by atoms with Crippen molar-refractivity contribution in [3.63, 3.8) is 0 Å². The van der Waals surface area contributed by atoms with Gasteiger partial charge in [-0.3, -0.25) is 4.79 Å². The summed E-state index contributed by atoms with van der Waals surface area (Å²) in [5.41, 5.74) is -1.08. The molecule has 0 unspecified atom stereocenters. The highest BCUT2D eigenvalue weighted by molar-refractivity contribution is 5.74. The molecule has 2 atom stereocenters. The Morgan fingerprint density at radius 2 is 3.00 bits per heavy atom. The van der Waals surface area contributed by atoms with Crippen molar-refractivity contribution in [1.82, 2.24) is 9.55 Å². The molecule has 1 aromatic heterocycles. The maximum atomic E-state index is 12.2. The van der Waals surface area contributed by atoms with Crippen LogP contribution in [0.3, 0.4) is 0 Å². The number of imidazole rings is 1. The molecule has 2 heterocycles. The van der Waals surface area contributed by atoms with Crippen LogP contribution in [-0.2, 0) is 22.9 Å². The number of esters is 1. The zero-order valence-corrected chi connectivity index (χ0v) is 7.50. The molecule has 4 heteroatoms. The van der Waals surface area contributed by atoms with E-state index >= 15 is 0 Å². The van der Waals surface area contributed by atoms with Crippen LogP contribution in [0.5, 0.6) is 0 Å². The molecule has 0 aromatic carbocycles. The molecule has 0 saturated carbocycles. The van der Waals surface area contributed by atoms with Gasteiger partial charge in [-0.15, -0.1) is 0 Å². The summed E-state index contributed by atoms with van der Waals surface area (Å²) in [4.78, 5) is 15.4. The van der Waals surface area contributed by atoms with Crippen molar-refractivity contribution in [3.8, 4) is 0 Å². The van der Waals surface area contributed by atoms with Crippen molar-refractivity contribution in [2.75, 3.05) is 6.56 Å². The average molecular weight is 221 g/mol. The monoisotopic (exact) mass is 221 g/mol. The van der Waals surface area contributed by atoms with Crippen molar-refractivity contribution in [2.24, 2.45) is 18.8 Å². The maximum absolute atomic E-state index is 12.2. The fourth-order valence-electron chi connectivity index (χ4n) is 1.12. The molecule has 0 N–H and O–H groups in total. The summed E-state index contributed by atoms with van der Waals surface area (Å²) in [5, 5.41) is 0. The quantitative estimate of drug-likeness (QED) is 0.719. The predicted octanol–water partition coefficient (Wildman–Crippen LogP) is 1.16. The third-order valence-corrected chi connectivity index (χ3v) is 1.89. The van der Waals surface area contributed by atoms with E-state index in [2.05, 4.69) is 9.72 Å². The van der Waals surface area contributed by atoms with E-state index in [9.17, 15) is 4.79 Å². The van der Waals surface area contributed by atoms with Gasteiger partial charge in [-0.1, -0.05) is 6.85 Å². The van der Waals surface area contributed by atoms with Gasteiger partial charge in [-0.2, -0.15) is 0 Å². The van der Waals surface area contributed by atoms with E-state index < -0.39 is 69.1 Å². The van der Waals surface area contributed by atoms with Gasteiger partial charge in [0.1, 0.15) is 1.37 Å². The summed E-state index contributed by atoms with van der Waals surface area (Å²) in [6, 6.07) is 0. The van der Waals surface area contributed by atoms with E-state index in [-0.39, 0.29) is 4.57 Å². The van der Waals surface area contributed by atoms with Gasteiger partial charge in [-0.05, 0) is 12.8 Å². The molecule has 1 aliphatic heterocycles. The van der Waals surface area contributed by atoms with E-state index in [1.165, 1.54) is 0 Å². The third kappa shape index (κ3) is 1.89. The molecule has 1 saturated heterocycles. The first kappa shape index (κ1) is 2.87. The SMILES string of the molecule is [2H]c1nc([2H])n(C([2H])([2H])[2H])c1C([2H])([2H])[C@H]1C([2H])([2H])OC(=O)[C@@]1([2H])CC([2H])([2H])[2H]. The van der Waals surface area contributed by atoms with Crippen LogP contribution in [0.2, 0.25) is 0 Å². The molecular formula is C11H16N2O2. The molecule has 1 aliphatic rings. The third-order valence-electron chi connectivity index (χ3n) is 1.89. The van der Waals surface area contributed by atoms with Crippen LogP contribution in [-0.4, -0.2) is 22.1 Å². The largest absolute Gasteiger partial charge is 0.465 e. The summed E-state index contributed by atoms with van der Waals surface area (Å²) in [6.07, 6.45) is -6.58. The number of ether oxygens (including phenoxy) is 1. The van der Waals surface area contributed by atoms with Crippen LogP contribution in [0.15, 0.2) is 12.5 Å². The van der Waals surface area contributed by atoms with E-state index in [1.54, 1.807) is 0 Å². The standard InChI is InChI=1S/C11H16N2O2/c1-3-10-8(6-15-11(10)14)4-9-5-12-7-13(9)2/h5,7-8,10H,3-4,6H2,1-2H3/t8-,10-/m0/s1/i1D3,2D3,4D2,5D,6D2,7D,10D. The Balaban J connectivity index is 2.77. The summed E-state index contributed by atoms with van der Waals surface area (Å²) < 4.78 is 105. The van der Waals surface area contributed by atoms with E-state index in [4.69, 9.17) is 17.8 Å². The summed E-state index contributed by atoms with van der Waals surface area (Å²) >= 11 is 0. The van der Waals surface area contributed by atoms with Crippen molar-refractivity contribution in [2.45, 2.75) is 19.6 Å². The molecule has 82 valence electrons.